The molecule has 1 N–H and O–H groups in total. The number of hydrogen-bond acceptors (Lipinski definition) is 7. The molecular weight excluding hydrogens is 364 g/mol. The van der Waals surface area contributed by atoms with Gasteiger partial charge in [-0.2, -0.15) is 0 Å². The van der Waals surface area contributed by atoms with Crippen LogP contribution in [0.3, 0.4) is 0 Å². The molecule has 0 unspecified atom stereocenters. The normalized spacial score (nSPS) is 11.1. The summed E-state index contributed by atoms with van der Waals surface area (Å²) in [6.45, 7) is 3.30. The Morgan fingerprint density at radius 3 is 2.07 bits per heavy atom. The summed E-state index contributed by atoms with van der Waals surface area (Å²) in [4.78, 5) is 24.8. The fourth-order valence-corrected chi connectivity index (χ4v) is 3.24. The van der Waals surface area contributed by atoms with Crippen molar-refractivity contribution in [2.45, 2.75) is 13.8 Å². The number of furan rings is 2. The highest BCUT2D eigenvalue weighted by Gasteiger charge is 2.23. The van der Waals surface area contributed by atoms with Crippen LogP contribution in [0.1, 0.15) is 32.2 Å². The third-order valence-electron chi connectivity index (χ3n) is 4.49. The molecule has 0 spiro atoms. The number of ether oxygens (including phenoxy) is 2. The van der Waals surface area contributed by atoms with Gasteiger partial charge < -0.3 is 23.4 Å². The lowest BCUT2D eigenvalue weighted by Crippen LogP contribution is -2.09. The number of methoxy groups -OCH3 is 1. The van der Waals surface area contributed by atoms with E-state index in [1.165, 1.54) is 19.2 Å². The van der Waals surface area contributed by atoms with Crippen LogP contribution in [0.2, 0.25) is 0 Å². The van der Waals surface area contributed by atoms with Crippen molar-refractivity contribution in [1.29, 1.82) is 0 Å². The summed E-state index contributed by atoms with van der Waals surface area (Å²) >= 11 is 0. The van der Waals surface area contributed by atoms with Crippen molar-refractivity contribution in [3.8, 4) is 11.5 Å². The first-order valence-corrected chi connectivity index (χ1v) is 8.45. The molecule has 4 aromatic rings. The average Bonchev–Trinajstić information content (AvgIpc) is 3.15. The molecule has 2 heterocycles. The first kappa shape index (κ1) is 17.7. The van der Waals surface area contributed by atoms with Crippen molar-refractivity contribution in [2.24, 2.45) is 0 Å². The summed E-state index contributed by atoms with van der Waals surface area (Å²) in [7, 11) is 1.28. The number of phenols is 1. The Labute approximate surface area is 159 Å². The molecule has 4 rings (SSSR count). The van der Waals surface area contributed by atoms with Gasteiger partial charge in [-0.3, -0.25) is 0 Å². The summed E-state index contributed by atoms with van der Waals surface area (Å²) in [5, 5.41) is 10.7. The van der Waals surface area contributed by atoms with Gasteiger partial charge in [0.05, 0.1) is 7.11 Å². The van der Waals surface area contributed by atoms with Crippen LogP contribution in [0.4, 0.5) is 0 Å². The number of phenolic OH excluding ortho intramolecular Hbond substituents is 1. The molecule has 7 nitrogen and oxygen atoms in total. The maximum Gasteiger partial charge on any atom is 0.347 e. The van der Waals surface area contributed by atoms with Crippen molar-refractivity contribution < 1.29 is 33.0 Å². The van der Waals surface area contributed by atoms with Crippen LogP contribution < -0.4 is 4.74 Å². The largest absolute Gasteiger partial charge is 0.508 e. The second-order valence-electron chi connectivity index (χ2n) is 6.29. The summed E-state index contributed by atoms with van der Waals surface area (Å²) in [5.74, 6) is -0.135. The number of aromatic hydroxyl groups is 1. The lowest BCUT2D eigenvalue weighted by molar-refractivity contribution is 0.0600. The highest BCUT2D eigenvalue weighted by molar-refractivity contribution is 6.07. The van der Waals surface area contributed by atoms with Crippen LogP contribution in [0, 0.1) is 13.8 Å². The fraction of sp³-hybridized carbons (Fsp3) is 0.143. The molecule has 2 aromatic carbocycles. The van der Waals surface area contributed by atoms with Gasteiger partial charge in [0.25, 0.3) is 0 Å². The van der Waals surface area contributed by atoms with E-state index in [1.54, 1.807) is 38.1 Å². The van der Waals surface area contributed by atoms with Gasteiger partial charge in [-0.1, -0.05) is 0 Å². The number of esters is 2. The first-order valence-electron chi connectivity index (χ1n) is 8.45. The highest BCUT2D eigenvalue weighted by atomic mass is 16.5. The van der Waals surface area contributed by atoms with Crippen molar-refractivity contribution in [3.05, 3.63) is 59.0 Å². The molecule has 0 saturated heterocycles. The molecule has 0 atom stereocenters. The monoisotopic (exact) mass is 380 g/mol. The molecule has 0 bridgehead atoms. The maximum atomic E-state index is 12.8. The Kier molecular flexibility index (Phi) is 4.07. The third-order valence-corrected chi connectivity index (χ3v) is 4.49. The number of benzene rings is 2. The van der Waals surface area contributed by atoms with Crippen LogP contribution in [0.15, 0.2) is 45.2 Å². The summed E-state index contributed by atoms with van der Waals surface area (Å²) in [6.07, 6.45) is 0. The second-order valence-corrected chi connectivity index (χ2v) is 6.29. The molecule has 0 aliphatic heterocycles. The highest BCUT2D eigenvalue weighted by Crippen LogP contribution is 2.32. The Morgan fingerprint density at radius 2 is 1.43 bits per heavy atom. The van der Waals surface area contributed by atoms with Gasteiger partial charge in [0.15, 0.2) is 0 Å². The first-order chi connectivity index (χ1) is 13.4. The molecule has 0 aliphatic carbocycles. The van der Waals surface area contributed by atoms with Crippen LogP contribution >= 0.6 is 0 Å². The van der Waals surface area contributed by atoms with E-state index in [-0.39, 0.29) is 22.6 Å². The van der Waals surface area contributed by atoms with E-state index in [4.69, 9.17) is 18.3 Å². The van der Waals surface area contributed by atoms with Crippen molar-refractivity contribution >= 4 is 33.9 Å². The lowest BCUT2D eigenvalue weighted by Gasteiger charge is -2.05. The van der Waals surface area contributed by atoms with Gasteiger partial charge in [0, 0.05) is 10.8 Å². The molecule has 0 radical (unpaired) electrons. The van der Waals surface area contributed by atoms with E-state index in [1.807, 2.05) is 0 Å². The molecular formula is C21H16O7. The molecule has 28 heavy (non-hydrogen) atoms. The van der Waals surface area contributed by atoms with Gasteiger partial charge >= 0.3 is 11.9 Å². The molecule has 0 saturated carbocycles. The number of fused-ring (bicyclic) bond motifs is 2. The lowest BCUT2D eigenvalue weighted by atomic mass is 10.1. The number of rotatable bonds is 3. The quantitative estimate of drug-likeness (QED) is 0.412. The van der Waals surface area contributed by atoms with E-state index in [9.17, 15) is 14.7 Å². The Morgan fingerprint density at radius 1 is 0.857 bits per heavy atom. The fourth-order valence-electron chi connectivity index (χ4n) is 3.24. The minimum Gasteiger partial charge on any atom is -0.508 e. The van der Waals surface area contributed by atoms with E-state index >= 15 is 0 Å². The minimum atomic E-state index is -0.638. The third kappa shape index (κ3) is 2.77. The van der Waals surface area contributed by atoms with Crippen LogP contribution in [-0.2, 0) is 4.74 Å². The van der Waals surface area contributed by atoms with E-state index in [0.29, 0.717) is 33.5 Å². The molecule has 7 heteroatoms. The number of carbonyl (C=O) groups is 2. The van der Waals surface area contributed by atoms with Crippen molar-refractivity contribution in [1.82, 2.24) is 0 Å². The van der Waals surface area contributed by atoms with Gasteiger partial charge in [-0.25, -0.2) is 9.59 Å². The minimum absolute atomic E-state index is 0.0142. The van der Waals surface area contributed by atoms with E-state index in [2.05, 4.69) is 0 Å². The second kappa shape index (κ2) is 6.45. The molecule has 2 aromatic heterocycles. The number of aryl methyl sites for hydroxylation is 2. The summed E-state index contributed by atoms with van der Waals surface area (Å²) in [6, 6.07) is 9.23. The molecule has 142 valence electrons. The van der Waals surface area contributed by atoms with E-state index in [0.717, 1.165) is 0 Å². The summed E-state index contributed by atoms with van der Waals surface area (Å²) < 4.78 is 21.4. The Bertz CT molecular complexity index is 1240. The van der Waals surface area contributed by atoms with Crippen LogP contribution in [0.5, 0.6) is 11.5 Å². The zero-order valence-electron chi connectivity index (χ0n) is 15.4. The molecule has 0 fully saturated rings. The average molecular weight is 380 g/mol. The number of hydrogen-bond donors (Lipinski definition) is 1. The standard InChI is InChI=1S/C21H16O7/c1-10-18(20(23)25-3)15-9-13(5-7-17(15)26-10)28-21(24)19-11(2)27-16-6-4-12(22)8-14(16)19/h4-9,22H,1-3H3. The molecule has 0 aliphatic rings. The van der Waals surface area contributed by atoms with Crippen LogP contribution in [0.25, 0.3) is 21.9 Å². The molecule has 0 amide bonds. The van der Waals surface area contributed by atoms with Crippen molar-refractivity contribution in [2.75, 3.05) is 7.11 Å². The summed E-state index contributed by atoms with van der Waals surface area (Å²) in [5.41, 5.74) is 1.46. The van der Waals surface area contributed by atoms with Gasteiger partial charge in [-0.15, -0.1) is 0 Å². The maximum absolute atomic E-state index is 12.8. The zero-order chi connectivity index (χ0) is 20.0. The van der Waals surface area contributed by atoms with Gasteiger partial charge in [0.1, 0.15) is 45.3 Å². The zero-order valence-corrected chi connectivity index (χ0v) is 15.4. The smallest absolute Gasteiger partial charge is 0.347 e. The van der Waals surface area contributed by atoms with Crippen molar-refractivity contribution in [3.63, 3.8) is 0 Å². The van der Waals surface area contributed by atoms with Gasteiger partial charge in [-0.05, 0) is 50.2 Å². The predicted octanol–water partition coefficient (Wildman–Crippen LogP) is 4.51. The number of carbonyl (C=O) groups excluding carboxylic acids is 2. The topological polar surface area (TPSA) is 99.1 Å². The SMILES string of the molecule is COC(=O)c1c(C)oc2ccc(OC(=O)c3c(C)oc4ccc(O)cc34)cc12. The van der Waals surface area contributed by atoms with E-state index < -0.39 is 11.9 Å². The predicted molar refractivity (Wildman–Crippen MR) is 99.9 cm³/mol. The van der Waals surface area contributed by atoms with Gasteiger partial charge in [0.2, 0.25) is 0 Å². The Balaban J connectivity index is 1.74. The van der Waals surface area contributed by atoms with Crippen LogP contribution in [-0.4, -0.2) is 24.2 Å². The Hall–Kier alpha value is -3.74.